The minimum absolute atomic E-state index is 0.0301. The van der Waals surface area contributed by atoms with Crippen molar-refractivity contribution in [1.82, 2.24) is 5.32 Å². The van der Waals surface area contributed by atoms with E-state index in [1.807, 2.05) is 12.1 Å². The van der Waals surface area contributed by atoms with Gasteiger partial charge in [-0.05, 0) is 73.1 Å². The highest BCUT2D eigenvalue weighted by molar-refractivity contribution is 6.48. The molecule has 158 valence electrons. The van der Waals surface area contributed by atoms with Crippen LogP contribution in [0.3, 0.4) is 0 Å². The van der Waals surface area contributed by atoms with E-state index in [2.05, 4.69) is 35.3 Å². The maximum Gasteiger partial charge on any atom is 0.223 e. The molecule has 30 heavy (non-hydrogen) atoms. The van der Waals surface area contributed by atoms with Gasteiger partial charge < -0.3 is 10.2 Å². The molecule has 0 radical (unpaired) electrons. The Morgan fingerprint density at radius 1 is 1.10 bits per heavy atom. The molecule has 1 amide bonds. The van der Waals surface area contributed by atoms with Crippen molar-refractivity contribution in [3.05, 3.63) is 62.1 Å². The second-order valence-electron chi connectivity index (χ2n) is 9.24. The van der Waals surface area contributed by atoms with Crippen LogP contribution in [0.4, 0.5) is 5.69 Å². The molecule has 2 aliphatic carbocycles. The summed E-state index contributed by atoms with van der Waals surface area (Å²) in [5.41, 5.74) is 4.99. The SMILES string of the molecule is CC1(c2cc(Cl)c(Cl)c(Cl)c2)CCN(c2ccc3c(c2)CCC3NC(=O)C2CC2)C1. The van der Waals surface area contributed by atoms with Crippen LogP contribution in [-0.2, 0) is 16.6 Å². The number of fused-ring (bicyclic) bond motifs is 1. The normalized spacial score (nSPS) is 25.5. The second kappa shape index (κ2) is 7.62. The number of carbonyl (C=O) groups excluding carboxylic acids is 1. The van der Waals surface area contributed by atoms with Crippen LogP contribution in [0, 0.1) is 5.92 Å². The van der Waals surface area contributed by atoms with Crippen LogP contribution in [-0.4, -0.2) is 19.0 Å². The van der Waals surface area contributed by atoms with Gasteiger partial charge in [-0.2, -0.15) is 0 Å². The number of halogens is 3. The van der Waals surface area contributed by atoms with E-state index in [1.54, 1.807) is 0 Å². The van der Waals surface area contributed by atoms with Crippen molar-refractivity contribution in [2.24, 2.45) is 5.92 Å². The third-order valence-electron chi connectivity index (χ3n) is 6.99. The lowest BCUT2D eigenvalue weighted by Crippen LogP contribution is -2.29. The van der Waals surface area contributed by atoms with Gasteiger partial charge in [0.1, 0.15) is 0 Å². The Hall–Kier alpha value is -1.42. The Kier molecular flexibility index (Phi) is 5.20. The number of nitrogens with zero attached hydrogens (tertiary/aromatic N) is 1. The van der Waals surface area contributed by atoms with Crippen molar-refractivity contribution in [3.63, 3.8) is 0 Å². The van der Waals surface area contributed by atoms with Gasteiger partial charge in [0.25, 0.3) is 0 Å². The zero-order valence-electron chi connectivity index (χ0n) is 17.0. The molecule has 2 unspecified atom stereocenters. The number of hydrogen-bond acceptors (Lipinski definition) is 2. The Labute approximate surface area is 192 Å². The lowest BCUT2D eigenvalue weighted by Gasteiger charge is -2.27. The number of carbonyl (C=O) groups is 1. The lowest BCUT2D eigenvalue weighted by atomic mass is 9.82. The van der Waals surface area contributed by atoms with Crippen LogP contribution >= 0.6 is 34.8 Å². The van der Waals surface area contributed by atoms with E-state index in [4.69, 9.17) is 34.8 Å². The fourth-order valence-corrected chi connectivity index (χ4v) is 5.50. The predicted molar refractivity (Wildman–Crippen MR) is 124 cm³/mol. The molecular weight excluding hydrogens is 439 g/mol. The number of amides is 1. The highest BCUT2D eigenvalue weighted by Crippen LogP contribution is 2.42. The van der Waals surface area contributed by atoms with Crippen LogP contribution < -0.4 is 10.2 Å². The van der Waals surface area contributed by atoms with E-state index in [1.165, 1.54) is 16.8 Å². The molecule has 0 aromatic heterocycles. The van der Waals surface area contributed by atoms with Crippen LogP contribution in [0.1, 0.15) is 55.3 Å². The van der Waals surface area contributed by atoms with Crippen LogP contribution in [0.5, 0.6) is 0 Å². The van der Waals surface area contributed by atoms with Gasteiger partial charge in [0.15, 0.2) is 0 Å². The van der Waals surface area contributed by atoms with Crippen molar-refractivity contribution in [3.8, 4) is 0 Å². The van der Waals surface area contributed by atoms with E-state index < -0.39 is 0 Å². The topological polar surface area (TPSA) is 32.3 Å². The van der Waals surface area contributed by atoms with Gasteiger partial charge in [0.2, 0.25) is 5.91 Å². The first-order valence-electron chi connectivity index (χ1n) is 10.7. The molecule has 2 fully saturated rings. The summed E-state index contributed by atoms with van der Waals surface area (Å²) in [5, 5.41) is 4.69. The summed E-state index contributed by atoms with van der Waals surface area (Å²) in [7, 11) is 0. The molecule has 6 heteroatoms. The molecule has 1 heterocycles. The van der Waals surface area contributed by atoms with E-state index in [0.717, 1.165) is 50.8 Å². The van der Waals surface area contributed by atoms with Gasteiger partial charge in [-0.1, -0.05) is 47.8 Å². The highest BCUT2D eigenvalue weighted by Gasteiger charge is 2.37. The first-order valence-corrected chi connectivity index (χ1v) is 11.8. The lowest BCUT2D eigenvalue weighted by molar-refractivity contribution is -0.123. The molecule has 2 aromatic carbocycles. The molecule has 2 aromatic rings. The summed E-state index contributed by atoms with van der Waals surface area (Å²) in [6.45, 7) is 4.15. The average Bonchev–Trinajstić information content (AvgIpc) is 3.40. The molecule has 2 atom stereocenters. The number of benzene rings is 2. The number of hydrogen-bond donors (Lipinski definition) is 1. The van der Waals surface area contributed by atoms with Gasteiger partial charge in [-0.25, -0.2) is 0 Å². The number of anilines is 1. The Morgan fingerprint density at radius 3 is 2.53 bits per heavy atom. The van der Waals surface area contributed by atoms with Gasteiger partial charge in [-0.3, -0.25) is 4.79 Å². The smallest absolute Gasteiger partial charge is 0.223 e. The number of nitrogens with one attached hydrogen (secondary N) is 1. The van der Waals surface area contributed by atoms with Crippen molar-refractivity contribution in [2.75, 3.05) is 18.0 Å². The number of rotatable bonds is 4. The molecule has 1 aliphatic heterocycles. The fraction of sp³-hybridized carbons (Fsp3) is 0.458. The first kappa shape index (κ1) is 20.5. The second-order valence-corrected chi connectivity index (χ2v) is 10.4. The third kappa shape index (κ3) is 3.70. The molecule has 1 N–H and O–H groups in total. The molecule has 3 aliphatic rings. The Balaban J connectivity index is 1.33. The quantitative estimate of drug-likeness (QED) is 0.537. The fourth-order valence-electron chi connectivity index (χ4n) is 4.91. The summed E-state index contributed by atoms with van der Waals surface area (Å²) >= 11 is 18.7. The first-order chi connectivity index (χ1) is 14.3. The summed E-state index contributed by atoms with van der Waals surface area (Å²) in [5.74, 6) is 0.484. The molecule has 3 nitrogen and oxygen atoms in total. The molecule has 0 spiro atoms. The van der Waals surface area contributed by atoms with Crippen molar-refractivity contribution >= 4 is 46.4 Å². The van der Waals surface area contributed by atoms with Crippen LogP contribution in [0.25, 0.3) is 0 Å². The van der Waals surface area contributed by atoms with Crippen LogP contribution in [0.15, 0.2) is 30.3 Å². The predicted octanol–water partition coefficient (Wildman–Crippen LogP) is 6.33. The standard InChI is InChI=1S/C24H25Cl3N2O/c1-24(16-11-19(25)22(27)20(26)12-16)8-9-29(13-24)17-5-6-18-15(10-17)4-7-21(18)28-23(30)14-2-3-14/h5-6,10-12,14,21H,2-4,7-9,13H2,1H3,(H,28,30). The van der Waals surface area contributed by atoms with E-state index in [0.29, 0.717) is 15.1 Å². The molecular formula is C24H25Cl3N2O. The highest BCUT2D eigenvalue weighted by atomic mass is 35.5. The van der Waals surface area contributed by atoms with Gasteiger partial charge in [-0.15, -0.1) is 0 Å². The Morgan fingerprint density at radius 2 is 1.83 bits per heavy atom. The molecule has 5 rings (SSSR count). The summed E-state index contributed by atoms with van der Waals surface area (Å²) in [4.78, 5) is 14.6. The summed E-state index contributed by atoms with van der Waals surface area (Å²) in [6.07, 6.45) is 5.13. The zero-order valence-corrected chi connectivity index (χ0v) is 19.2. The molecule has 1 saturated heterocycles. The monoisotopic (exact) mass is 462 g/mol. The van der Waals surface area contributed by atoms with Crippen LogP contribution in [0.2, 0.25) is 15.1 Å². The van der Waals surface area contributed by atoms with Crippen molar-refractivity contribution < 1.29 is 4.79 Å². The van der Waals surface area contributed by atoms with Crippen molar-refractivity contribution in [2.45, 2.75) is 50.5 Å². The third-order valence-corrected chi connectivity index (χ3v) is 8.19. The zero-order chi connectivity index (χ0) is 21.0. The van der Waals surface area contributed by atoms with Gasteiger partial charge in [0, 0.05) is 30.1 Å². The maximum atomic E-state index is 12.2. The average molecular weight is 464 g/mol. The summed E-state index contributed by atoms with van der Waals surface area (Å²) < 4.78 is 0. The number of aryl methyl sites for hydroxylation is 1. The van der Waals surface area contributed by atoms with Gasteiger partial charge in [0.05, 0.1) is 21.1 Å². The minimum atomic E-state index is -0.0301. The van der Waals surface area contributed by atoms with E-state index in [9.17, 15) is 4.79 Å². The van der Waals surface area contributed by atoms with Gasteiger partial charge >= 0.3 is 0 Å². The van der Waals surface area contributed by atoms with E-state index >= 15 is 0 Å². The minimum Gasteiger partial charge on any atom is -0.371 e. The maximum absolute atomic E-state index is 12.2. The largest absolute Gasteiger partial charge is 0.371 e. The summed E-state index contributed by atoms with van der Waals surface area (Å²) in [6, 6.07) is 10.8. The molecule has 1 saturated carbocycles. The molecule has 0 bridgehead atoms. The Bertz CT molecular complexity index is 997. The van der Waals surface area contributed by atoms with Crippen molar-refractivity contribution in [1.29, 1.82) is 0 Å². The van der Waals surface area contributed by atoms with E-state index in [-0.39, 0.29) is 23.3 Å².